The number of pyridine rings is 1. The molecule has 6 aromatic heterocycles. The fraction of sp³-hybridized carbons (Fsp3) is 0.0952. The number of anilines is 2. The number of aromatic nitrogens is 9. The summed E-state index contributed by atoms with van der Waals surface area (Å²) in [6.07, 6.45) is 8.69. The fourth-order valence-corrected chi connectivity index (χ4v) is 3.53. The number of nitrogens with one attached hydrogen (secondary N) is 2. The monoisotopic (exact) mass is 423 g/mol. The van der Waals surface area contributed by atoms with Crippen molar-refractivity contribution >= 4 is 34.1 Å². The Balaban J connectivity index is 1.33. The first kappa shape index (κ1) is 18.1. The van der Waals surface area contributed by atoms with Gasteiger partial charge in [-0.15, -0.1) is 0 Å². The fourth-order valence-electron chi connectivity index (χ4n) is 3.53. The average Bonchev–Trinajstić information content (AvgIpc) is 3.51. The second-order valence-corrected chi connectivity index (χ2v) is 7.05. The summed E-state index contributed by atoms with van der Waals surface area (Å²) >= 11 is 0. The van der Waals surface area contributed by atoms with E-state index in [0.29, 0.717) is 35.9 Å². The van der Waals surface area contributed by atoms with Crippen molar-refractivity contribution in [1.29, 1.82) is 0 Å². The molecule has 32 heavy (non-hydrogen) atoms. The van der Waals surface area contributed by atoms with Crippen LogP contribution in [0.25, 0.3) is 22.5 Å². The van der Waals surface area contributed by atoms with Crippen LogP contribution in [0.3, 0.4) is 0 Å². The van der Waals surface area contributed by atoms with Crippen LogP contribution < -0.4 is 10.6 Å². The molecule has 0 radical (unpaired) electrons. The molecule has 0 saturated carbocycles. The molecule has 0 unspecified atom stereocenters. The Morgan fingerprint density at radius 1 is 0.625 bits per heavy atom. The first-order valence-electron chi connectivity index (χ1n) is 10.0. The van der Waals surface area contributed by atoms with Gasteiger partial charge in [0, 0.05) is 30.7 Å². The molecule has 0 aromatic carbocycles. The van der Waals surface area contributed by atoms with Crippen molar-refractivity contribution in [2.75, 3.05) is 10.6 Å². The van der Waals surface area contributed by atoms with Gasteiger partial charge in [-0.05, 0) is 24.3 Å². The maximum atomic E-state index is 4.74. The lowest BCUT2D eigenvalue weighted by molar-refractivity contribution is 0.846. The van der Waals surface area contributed by atoms with Crippen molar-refractivity contribution < 1.29 is 0 Å². The Hall–Kier alpha value is -4.67. The highest BCUT2D eigenvalue weighted by Crippen LogP contribution is 2.22. The topological polar surface area (TPSA) is 123 Å². The maximum absolute atomic E-state index is 4.74. The van der Waals surface area contributed by atoms with E-state index in [2.05, 4.69) is 35.8 Å². The number of rotatable bonds is 6. The molecule has 0 amide bonds. The minimum absolute atomic E-state index is 0.487. The summed E-state index contributed by atoms with van der Waals surface area (Å²) in [4.78, 5) is 22.4. The van der Waals surface area contributed by atoms with Gasteiger partial charge in [0.1, 0.15) is 5.52 Å². The van der Waals surface area contributed by atoms with E-state index in [9.17, 15) is 0 Å². The quantitative estimate of drug-likeness (QED) is 0.415. The average molecular weight is 423 g/mol. The first-order valence-corrected chi connectivity index (χ1v) is 10.0. The minimum atomic E-state index is 0.487. The summed E-state index contributed by atoms with van der Waals surface area (Å²) in [7, 11) is 0. The Labute approximate surface area is 181 Å². The number of nitrogens with zero attached hydrogens (tertiary/aromatic N) is 9. The standard InChI is InChI=1S/C21H17N11/c1-2-16-19(24-7-1)30-21(26-13-15-4-9-23-18-6-11-28-32(15)18)20(29-16)25-12-14-3-8-22-17-5-10-27-31(14)17/h1-11H,12-13H2,(H,25,29)(H,24,26,30). The second-order valence-electron chi connectivity index (χ2n) is 7.05. The Bertz CT molecular complexity index is 1440. The van der Waals surface area contributed by atoms with E-state index in [0.717, 1.165) is 22.7 Å². The normalized spacial score (nSPS) is 11.4. The third-order valence-corrected chi connectivity index (χ3v) is 5.05. The summed E-state index contributed by atoms with van der Waals surface area (Å²) in [6, 6.07) is 11.3. The smallest absolute Gasteiger partial charge is 0.180 e. The molecule has 0 fully saturated rings. The molecule has 11 heteroatoms. The van der Waals surface area contributed by atoms with Crippen molar-refractivity contribution in [3.63, 3.8) is 0 Å². The van der Waals surface area contributed by atoms with Gasteiger partial charge in [0.05, 0.1) is 36.9 Å². The predicted molar refractivity (Wildman–Crippen MR) is 118 cm³/mol. The van der Waals surface area contributed by atoms with Crippen LogP contribution in [0.2, 0.25) is 0 Å². The van der Waals surface area contributed by atoms with Crippen LogP contribution in [0, 0.1) is 0 Å². The largest absolute Gasteiger partial charge is 0.361 e. The maximum Gasteiger partial charge on any atom is 0.180 e. The van der Waals surface area contributed by atoms with Gasteiger partial charge >= 0.3 is 0 Å². The highest BCUT2D eigenvalue weighted by Gasteiger charge is 2.12. The van der Waals surface area contributed by atoms with Gasteiger partial charge in [0.25, 0.3) is 0 Å². The summed E-state index contributed by atoms with van der Waals surface area (Å²) in [5, 5.41) is 15.4. The molecule has 0 aliphatic heterocycles. The molecule has 0 atom stereocenters. The summed E-state index contributed by atoms with van der Waals surface area (Å²) in [5.74, 6) is 1.22. The molecule has 0 bridgehead atoms. The zero-order valence-electron chi connectivity index (χ0n) is 16.8. The lowest BCUT2D eigenvalue weighted by Crippen LogP contribution is -2.13. The Morgan fingerprint density at radius 2 is 1.25 bits per heavy atom. The Morgan fingerprint density at radius 3 is 1.91 bits per heavy atom. The summed E-state index contributed by atoms with van der Waals surface area (Å²) < 4.78 is 3.58. The SMILES string of the molecule is c1cnc2nc(NCc3ccnc4ccnn34)c(NCc3ccnc4ccnn34)nc2c1. The highest BCUT2D eigenvalue weighted by atomic mass is 15.3. The predicted octanol–water partition coefficient (Wildman–Crippen LogP) is 2.33. The van der Waals surface area contributed by atoms with E-state index in [4.69, 9.17) is 9.97 Å². The molecule has 0 aliphatic carbocycles. The minimum Gasteiger partial charge on any atom is -0.361 e. The van der Waals surface area contributed by atoms with Crippen LogP contribution in [-0.2, 0) is 13.1 Å². The second kappa shape index (κ2) is 7.54. The van der Waals surface area contributed by atoms with Crippen molar-refractivity contribution in [3.05, 3.63) is 78.8 Å². The number of fused-ring (bicyclic) bond motifs is 3. The van der Waals surface area contributed by atoms with Crippen LogP contribution in [0.4, 0.5) is 11.6 Å². The van der Waals surface area contributed by atoms with E-state index < -0.39 is 0 Å². The van der Waals surface area contributed by atoms with E-state index in [-0.39, 0.29) is 0 Å². The first-order chi connectivity index (χ1) is 15.8. The van der Waals surface area contributed by atoms with Crippen molar-refractivity contribution in [2.24, 2.45) is 0 Å². The third kappa shape index (κ3) is 3.21. The van der Waals surface area contributed by atoms with Gasteiger partial charge in [0.2, 0.25) is 0 Å². The van der Waals surface area contributed by atoms with E-state index in [1.165, 1.54) is 0 Å². The molecule has 6 rings (SSSR count). The van der Waals surface area contributed by atoms with Crippen LogP contribution in [0.5, 0.6) is 0 Å². The van der Waals surface area contributed by atoms with Crippen molar-refractivity contribution in [2.45, 2.75) is 13.1 Å². The zero-order chi connectivity index (χ0) is 21.3. The van der Waals surface area contributed by atoms with Gasteiger partial charge < -0.3 is 10.6 Å². The molecule has 0 aliphatic rings. The Kier molecular flexibility index (Phi) is 4.27. The van der Waals surface area contributed by atoms with E-state index in [1.54, 1.807) is 40.0 Å². The van der Waals surface area contributed by atoms with E-state index in [1.807, 2.05) is 36.4 Å². The van der Waals surface area contributed by atoms with Crippen LogP contribution in [0.1, 0.15) is 11.4 Å². The van der Waals surface area contributed by atoms with Crippen LogP contribution in [0.15, 0.2) is 67.4 Å². The molecular weight excluding hydrogens is 406 g/mol. The van der Waals surface area contributed by atoms with Gasteiger partial charge in [-0.1, -0.05) is 0 Å². The lowest BCUT2D eigenvalue weighted by Gasteiger charge is -2.14. The zero-order valence-corrected chi connectivity index (χ0v) is 16.8. The molecule has 11 nitrogen and oxygen atoms in total. The van der Waals surface area contributed by atoms with Crippen molar-refractivity contribution in [3.8, 4) is 0 Å². The third-order valence-electron chi connectivity index (χ3n) is 5.05. The van der Waals surface area contributed by atoms with Gasteiger partial charge in [-0.2, -0.15) is 10.2 Å². The van der Waals surface area contributed by atoms with Gasteiger partial charge in [-0.3, -0.25) is 0 Å². The lowest BCUT2D eigenvalue weighted by atomic mass is 10.3. The van der Waals surface area contributed by atoms with Crippen LogP contribution in [-0.4, -0.2) is 44.1 Å². The summed E-state index contributed by atoms with van der Waals surface area (Å²) in [5.41, 5.74) is 4.75. The van der Waals surface area contributed by atoms with Crippen LogP contribution >= 0.6 is 0 Å². The number of hydrogen-bond acceptors (Lipinski definition) is 9. The molecule has 156 valence electrons. The number of hydrogen-bond donors (Lipinski definition) is 2. The van der Waals surface area contributed by atoms with Gasteiger partial charge in [-0.25, -0.2) is 34.0 Å². The molecular formula is C21H17N11. The molecule has 6 heterocycles. The highest BCUT2D eigenvalue weighted by molar-refractivity contribution is 5.76. The van der Waals surface area contributed by atoms with E-state index >= 15 is 0 Å². The molecule has 0 spiro atoms. The van der Waals surface area contributed by atoms with Crippen molar-refractivity contribution in [1.82, 2.24) is 44.1 Å². The van der Waals surface area contributed by atoms with Gasteiger partial charge in [0.15, 0.2) is 28.6 Å². The summed E-state index contributed by atoms with van der Waals surface area (Å²) in [6.45, 7) is 0.982. The molecule has 2 N–H and O–H groups in total. The molecule has 6 aromatic rings. The molecule has 0 saturated heterocycles.